The number of hydrogen-bond acceptors (Lipinski definition) is 4. The first kappa shape index (κ1) is 14.5. The van der Waals surface area contributed by atoms with Crippen molar-refractivity contribution in [1.82, 2.24) is 4.90 Å². The number of aliphatic carboxylic acids is 1. The highest BCUT2D eigenvalue weighted by Gasteiger charge is 2.11. The second-order valence-corrected chi connectivity index (χ2v) is 4.40. The van der Waals surface area contributed by atoms with Gasteiger partial charge in [-0.25, -0.2) is 0 Å². The average molecular weight is 252 g/mol. The van der Waals surface area contributed by atoms with E-state index in [0.29, 0.717) is 6.54 Å². The lowest BCUT2D eigenvalue weighted by Crippen LogP contribution is -2.36. The van der Waals surface area contributed by atoms with E-state index in [4.69, 9.17) is 15.6 Å². The number of nitrogens with two attached hydrogens (primary N) is 1. The Morgan fingerprint density at radius 3 is 2.56 bits per heavy atom. The van der Waals surface area contributed by atoms with E-state index in [0.717, 1.165) is 17.9 Å². The molecule has 0 radical (unpaired) electrons. The Balaban J connectivity index is 2.43. The summed E-state index contributed by atoms with van der Waals surface area (Å²) < 4.78 is 5.08. The number of benzene rings is 1. The number of carboxylic acid groups (broad SMARTS) is 1. The van der Waals surface area contributed by atoms with Crippen molar-refractivity contribution in [3.63, 3.8) is 0 Å². The minimum absolute atomic E-state index is 0.00699. The Hall–Kier alpha value is -1.59. The van der Waals surface area contributed by atoms with Crippen molar-refractivity contribution in [1.29, 1.82) is 0 Å². The first-order valence-electron chi connectivity index (χ1n) is 5.80. The first-order chi connectivity index (χ1) is 8.51. The summed E-state index contributed by atoms with van der Waals surface area (Å²) in [7, 11) is 3.55. The fourth-order valence-corrected chi connectivity index (χ4v) is 1.80. The van der Waals surface area contributed by atoms with Crippen molar-refractivity contribution in [3.05, 3.63) is 29.8 Å². The third-order valence-electron chi connectivity index (χ3n) is 2.59. The summed E-state index contributed by atoms with van der Waals surface area (Å²) in [5, 5.41) is 8.63. The van der Waals surface area contributed by atoms with Gasteiger partial charge >= 0.3 is 5.97 Å². The fourth-order valence-electron chi connectivity index (χ4n) is 1.80. The smallest absolute Gasteiger partial charge is 0.304 e. The van der Waals surface area contributed by atoms with Gasteiger partial charge in [-0.3, -0.25) is 4.79 Å². The molecule has 18 heavy (non-hydrogen) atoms. The van der Waals surface area contributed by atoms with Crippen molar-refractivity contribution >= 4 is 5.97 Å². The Labute approximate surface area is 107 Å². The van der Waals surface area contributed by atoms with Crippen LogP contribution in [-0.2, 0) is 11.3 Å². The van der Waals surface area contributed by atoms with Crippen LogP contribution in [0.3, 0.4) is 0 Å². The van der Waals surface area contributed by atoms with Gasteiger partial charge in [0.1, 0.15) is 5.75 Å². The van der Waals surface area contributed by atoms with Gasteiger partial charge in [0.05, 0.1) is 13.5 Å². The minimum Gasteiger partial charge on any atom is -0.497 e. The highest BCUT2D eigenvalue weighted by Crippen LogP contribution is 2.12. The summed E-state index contributed by atoms with van der Waals surface area (Å²) in [6.07, 6.45) is -0.00699. The number of likely N-dealkylation sites (N-methyl/N-ethyl adjacent to an activating group) is 1. The van der Waals surface area contributed by atoms with Crippen LogP contribution < -0.4 is 10.5 Å². The Bertz CT molecular complexity index is 378. The molecule has 0 saturated carbocycles. The lowest BCUT2D eigenvalue weighted by molar-refractivity contribution is -0.137. The summed E-state index contributed by atoms with van der Waals surface area (Å²) >= 11 is 0. The third kappa shape index (κ3) is 5.16. The van der Waals surface area contributed by atoms with E-state index in [1.807, 2.05) is 36.2 Å². The maximum Gasteiger partial charge on any atom is 0.304 e. The molecule has 0 heterocycles. The van der Waals surface area contributed by atoms with Crippen molar-refractivity contribution in [2.24, 2.45) is 5.73 Å². The van der Waals surface area contributed by atoms with Crippen LogP contribution >= 0.6 is 0 Å². The molecule has 5 nitrogen and oxygen atoms in total. The van der Waals surface area contributed by atoms with Crippen molar-refractivity contribution < 1.29 is 14.6 Å². The molecule has 1 rings (SSSR count). The van der Waals surface area contributed by atoms with Crippen LogP contribution in [0.25, 0.3) is 0 Å². The summed E-state index contributed by atoms with van der Waals surface area (Å²) in [4.78, 5) is 12.5. The number of carbonyl (C=O) groups is 1. The number of ether oxygens (including phenoxy) is 1. The monoisotopic (exact) mass is 252 g/mol. The number of nitrogens with zero attached hydrogens (tertiary/aromatic N) is 1. The molecule has 0 spiro atoms. The lowest BCUT2D eigenvalue weighted by Gasteiger charge is -2.20. The number of methoxy groups -OCH3 is 1. The zero-order valence-electron chi connectivity index (χ0n) is 10.8. The van der Waals surface area contributed by atoms with Crippen molar-refractivity contribution in [2.45, 2.75) is 19.0 Å². The van der Waals surface area contributed by atoms with Crippen LogP contribution in [0.15, 0.2) is 24.3 Å². The quantitative estimate of drug-likeness (QED) is 0.755. The van der Waals surface area contributed by atoms with Gasteiger partial charge in [0, 0.05) is 19.1 Å². The van der Waals surface area contributed by atoms with Gasteiger partial charge in [0.2, 0.25) is 0 Å². The summed E-state index contributed by atoms with van der Waals surface area (Å²) in [6.45, 7) is 1.29. The molecule has 0 aromatic heterocycles. The second kappa shape index (κ2) is 6.98. The first-order valence-corrected chi connectivity index (χ1v) is 5.80. The fraction of sp³-hybridized carbons (Fsp3) is 0.462. The molecule has 0 bridgehead atoms. The predicted octanol–water partition coefficient (Wildman–Crippen LogP) is 0.929. The highest BCUT2D eigenvalue weighted by molar-refractivity contribution is 5.67. The number of rotatable bonds is 7. The van der Waals surface area contributed by atoms with Gasteiger partial charge in [-0.2, -0.15) is 0 Å². The summed E-state index contributed by atoms with van der Waals surface area (Å²) in [5.41, 5.74) is 6.87. The minimum atomic E-state index is -0.861. The topological polar surface area (TPSA) is 75.8 Å². The van der Waals surface area contributed by atoms with Gasteiger partial charge in [-0.15, -0.1) is 0 Å². The zero-order chi connectivity index (χ0) is 13.5. The average Bonchev–Trinajstić information content (AvgIpc) is 2.28. The molecule has 3 N–H and O–H groups in total. The van der Waals surface area contributed by atoms with Gasteiger partial charge in [-0.1, -0.05) is 12.1 Å². The van der Waals surface area contributed by atoms with Gasteiger partial charge in [0.15, 0.2) is 0 Å². The SMILES string of the molecule is COc1ccc(CN(C)CC(N)CC(=O)O)cc1. The summed E-state index contributed by atoms with van der Waals surface area (Å²) in [5.74, 6) is -0.0377. The Morgan fingerprint density at radius 2 is 2.06 bits per heavy atom. The van der Waals surface area contributed by atoms with E-state index < -0.39 is 5.97 Å². The molecule has 0 aliphatic heterocycles. The molecule has 0 aliphatic rings. The van der Waals surface area contributed by atoms with E-state index in [-0.39, 0.29) is 12.5 Å². The van der Waals surface area contributed by atoms with E-state index in [1.165, 1.54) is 0 Å². The van der Waals surface area contributed by atoms with Crippen LogP contribution in [-0.4, -0.2) is 42.7 Å². The molecule has 1 aromatic rings. The largest absolute Gasteiger partial charge is 0.497 e. The maximum absolute atomic E-state index is 10.5. The van der Waals surface area contributed by atoms with E-state index in [1.54, 1.807) is 7.11 Å². The van der Waals surface area contributed by atoms with Crippen LogP contribution in [0, 0.1) is 0 Å². The maximum atomic E-state index is 10.5. The molecule has 5 heteroatoms. The molecular weight excluding hydrogens is 232 g/mol. The van der Waals surface area contributed by atoms with Crippen molar-refractivity contribution in [2.75, 3.05) is 20.7 Å². The van der Waals surface area contributed by atoms with E-state index in [9.17, 15) is 4.79 Å². The van der Waals surface area contributed by atoms with E-state index in [2.05, 4.69) is 0 Å². The molecule has 1 atom stereocenters. The van der Waals surface area contributed by atoms with E-state index >= 15 is 0 Å². The summed E-state index contributed by atoms with van der Waals surface area (Å²) in [6, 6.07) is 7.43. The Morgan fingerprint density at radius 1 is 1.44 bits per heavy atom. The second-order valence-electron chi connectivity index (χ2n) is 4.40. The number of carboxylic acids is 1. The number of hydrogen-bond donors (Lipinski definition) is 2. The zero-order valence-corrected chi connectivity index (χ0v) is 10.8. The molecule has 100 valence electrons. The lowest BCUT2D eigenvalue weighted by atomic mass is 10.1. The normalized spacial score (nSPS) is 12.4. The third-order valence-corrected chi connectivity index (χ3v) is 2.59. The van der Waals surface area contributed by atoms with Gasteiger partial charge < -0.3 is 20.5 Å². The van der Waals surface area contributed by atoms with Crippen LogP contribution in [0.2, 0.25) is 0 Å². The molecular formula is C13H20N2O3. The Kier molecular flexibility index (Phi) is 5.61. The molecule has 0 amide bonds. The molecule has 0 aliphatic carbocycles. The predicted molar refractivity (Wildman–Crippen MR) is 69.6 cm³/mol. The molecule has 0 saturated heterocycles. The van der Waals surface area contributed by atoms with Crippen LogP contribution in [0.1, 0.15) is 12.0 Å². The van der Waals surface area contributed by atoms with Gasteiger partial charge in [0.25, 0.3) is 0 Å². The van der Waals surface area contributed by atoms with Gasteiger partial charge in [-0.05, 0) is 24.7 Å². The van der Waals surface area contributed by atoms with Crippen molar-refractivity contribution in [3.8, 4) is 5.75 Å². The molecule has 1 unspecified atom stereocenters. The molecule has 0 fully saturated rings. The van der Waals surface area contributed by atoms with Crippen LogP contribution in [0.5, 0.6) is 5.75 Å². The standard InChI is InChI=1S/C13H20N2O3/c1-15(9-11(14)7-13(16)17)8-10-3-5-12(18-2)6-4-10/h3-6,11H,7-9,14H2,1-2H3,(H,16,17). The molecule has 1 aromatic carbocycles. The van der Waals surface area contributed by atoms with Crippen LogP contribution in [0.4, 0.5) is 0 Å². The highest BCUT2D eigenvalue weighted by atomic mass is 16.5.